The highest BCUT2D eigenvalue weighted by molar-refractivity contribution is 5.61. The van der Waals surface area contributed by atoms with E-state index in [2.05, 4.69) is 33.0 Å². The minimum atomic E-state index is 0.602. The Bertz CT molecular complexity index is 934. The summed E-state index contributed by atoms with van der Waals surface area (Å²) in [7, 11) is 1.68. The van der Waals surface area contributed by atoms with Crippen molar-refractivity contribution in [1.29, 1.82) is 5.26 Å². The molecule has 2 aromatic heterocycles. The number of piperazine rings is 1. The van der Waals surface area contributed by atoms with Crippen molar-refractivity contribution in [3.63, 3.8) is 0 Å². The molecule has 0 amide bonds. The predicted octanol–water partition coefficient (Wildman–Crippen LogP) is 2.54. The van der Waals surface area contributed by atoms with Gasteiger partial charge in [-0.2, -0.15) is 5.26 Å². The lowest BCUT2D eigenvalue weighted by Crippen LogP contribution is -2.47. The Hall–Kier alpha value is -3.20. The average molecular weight is 333 g/mol. The third-order valence-electron chi connectivity index (χ3n) is 4.62. The minimum Gasteiger partial charge on any atom is -0.497 e. The number of pyridine rings is 1. The van der Waals surface area contributed by atoms with Gasteiger partial charge in [0.15, 0.2) is 11.5 Å². The molecule has 1 aliphatic heterocycles. The Morgan fingerprint density at radius 1 is 1.04 bits per heavy atom. The standard InChI is InChI=1S/C19H19N5O/c1-25-16-6-4-5-15(13-16)22-9-11-23(12-10-22)19-17(14-20)24-8-3-2-7-18(24)21-19/h2-8,13H,9-12H2,1H3. The topological polar surface area (TPSA) is 56.8 Å². The molecule has 0 spiro atoms. The lowest BCUT2D eigenvalue weighted by molar-refractivity contribution is 0.414. The number of rotatable bonds is 3. The number of anilines is 2. The van der Waals surface area contributed by atoms with Gasteiger partial charge in [0.25, 0.3) is 0 Å². The summed E-state index contributed by atoms with van der Waals surface area (Å²) in [6.07, 6.45) is 1.89. The van der Waals surface area contributed by atoms with Crippen LogP contribution in [0.5, 0.6) is 5.75 Å². The van der Waals surface area contributed by atoms with E-state index >= 15 is 0 Å². The summed E-state index contributed by atoms with van der Waals surface area (Å²) < 4.78 is 7.17. The minimum absolute atomic E-state index is 0.602. The van der Waals surface area contributed by atoms with Gasteiger partial charge in [-0.15, -0.1) is 0 Å². The number of ether oxygens (including phenoxy) is 1. The van der Waals surface area contributed by atoms with Crippen LogP contribution in [0.4, 0.5) is 11.5 Å². The number of hydrogen-bond donors (Lipinski definition) is 0. The lowest BCUT2D eigenvalue weighted by Gasteiger charge is -2.36. The van der Waals surface area contributed by atoms with E-state index in [4.69, 9.17) is 4.74 Å². The third-order valence-corrected chi connectivity index (χ3v) is 4.62. The van der Waals surface area contributed by atoms with Crippen molar-refractivity contribution in [2.45, 2.75) is 0 Å². The van der Waals surface area contributed by atoms with Gasteiger partial charge in [0.1, 0.15) is 17.5 Å². The van der Waals surface area contributed by atoms with E-state index in [1.54, 1.807) is 7.11 Å². The summed E-state index contributed by atoms with van der Waals surface area (Å²) in [5.74, 6) is 1.64. The molecule has 0 unspecified atom stereocenters. The number of aromatic nitrogens is 2. The molecule has 3 aromatic rings. The molecule has 4 rings (SSSR count). The van der Waals surface area contributed by atoms with Gasteiger partial charge in [0.05, 0.1) is 7.11 Å². The van der Waals surface area contributed by atoms with Crippen LogP contribution in [0.25, 0.3) is 5.65 Å². The van der Waals surface area contributed by atoms with Crippen molar-refractivity contribution in [3.8, 4) is 11.8 Å². The van der Waals surface area contributed by atoms with Crippen molar-refractivity contribution < 1.29 is 4.74 Å². The number of methoxy groups -OCH3 is 1. The molecule has 1 fully saturated rings. The van der Waals surface area contributed by atoms with Crippen LogP contribution in [0, 0.1) is 11.3 Å². The normalized spacial score (nSPS) is 14.6. The van der Waals surface area contributed by atoms with Crippen molar-refractivity contribution in [3.05, 3.63) is 54.4 Å². The second-order valence-electron chi connectivity index (χ2n) is 6.00. The summed E-state index contributed by atoms with van der Waals surface area (Å²) >= 11 is 0. The number of benzene rings is 1. The van der Waals surface area contributed by atoms with Gasteiger partial charge in [-0.05, 0) is 24.3 Å². The molecule has 1 saturated heterocycles. The SMILES string of the molecule is COc1cccc(N2CCN(c3nc4ccccn4c3C#N)CC2)c1. The van der Waals surface area contributed by atoms with Gasteiger partial charge in [-0.3, -0.25) is 4.40 Å². The number of fused-ring (bicyclic) bond motifs is 1. The molecule has 6 nitrogen and oxygen atoms in total. The van der Waals surface area contributed by atoms with E-state index in [1.165, 1.54) is 0 Å². The van der Waals surface area contributed by atoms with Crippen molar-refractivity contribution in [1.82, 2.24) is 9.38 Å². The molecule has 1 aliphatic rings. The zero-order valence-electron chi connectivity index (χ0n) is 14.1. The molecule has 0 aliphatic carbocycles. The van der Waals surface area contributed by atoms with E-state index in [0.29, 0.717) is 5.69 Å². The third kappa shape index (κ3) is 2.74. The quantitative estimate of drug-likeness (QED) is 0.737. The van der Waals surface area contributed by atoms with Gasteiger partial charge in [0.2, 0.25) is 0 Å². The summed E-state index contributed by atoms with van der Waals surface area (Å²) in [6, 6.07) is 16.2. The highest BCUT2D eigenvalue weighted by Gasteiger charge is 2.23. The maximum absolute atomic E-state index is 9.56. The predicted molar refractivity (Wildman–Crippen MR) is 97.3 cm³/mol. The van der Waals surface area contributed by atoms with Crippen LogP contribution in [-0.4, -0.2) is 42.7 Å². The van der Waals surface area contributed by atoms with E-state index < -0.39 is 0 Å². The summed E-state index contributed by atoms with van der Waals surface area (Å²) in [5.41, 5.74) is 2.57. The Labute approximate surface area is 146 Å². The fraction of sp³-hybridized carbons (Fsp3) is 0.263. The first-order valence-corrected chi connectivity index (χ1v) is 8.31. The lowest BCUT2D eigenvalue weighted by atomic mass is 10.2. The second-order valence-corrected chi connectivity index (χ2v) is 6.00. The number of imidazole rings is 1. The van der Waals surface area contributed by atoms with E-state index in [1.807, 2.05) is 40.9 Å². The molecule has 1 aromatic carbocycles. The number of nitrogens with zero attached hydrogens (tertiary/aromatic N) is 5. The maximum atomic E-state index is 9.56. The van der Waals surface area contributed by atoms with Crippen LogP contribution in [0.3, 0.4) is 0 Å². The van der Waals surface area contributed by atoms with Crippen LogP contribution in [0.2, 0.25) is 0 Å². The molecule has 6 heteroatoms. The molecular weight excluding hydrogens is 314 g/mol. The highest BCUT2D eigenvalue weighted by atomic mass is 16.5. The maximum Gasteiger partial charge on any atom is 0.169 e. The fourth-order valence-corrected chi connectivity index (χ4v) is 3.29. The first kappa shape index (κ1) is 15.3. The smallest absolute Gasteiger partial charge is 0.169 e. The Morgan fingerprint density at radius 3 is 2.60 bits per heavy atom. The Balaban J connectivity index is 1.55. The number of nitriles is 1. The zero-order chi connectivity index (χ0) is 17.2. The molecule has 3 heterocycles. The summed E-state index contributed by atoms with van der Waals surface area (Å²) in [5, 5.41) is 9.56. The summed E-state index contributed by atoms with van der Waals surface area (Å²) in [4.78, 5) is 9.19. The van der Waals surface area contributed by atoms with Crippen LogP contribution in [0.15, 0.2) is 48.7 Å². The fourth-order valence-electron chi connectivity index (χ4n) is 3.29. The molecule has 126 valence electrons. The molecule has 0 N–H and O–H groups in total. The molecule has 0 saturated carbocycles. The van der Waals surface area contributed by atoms with Gasteiger partial charge < -0.3 is 14.5 Å². The van der Waals surface area contributed by atoms with Gasteiger partial charge in [0, 0.05) is 44.1 Å². The Morgan fingerprint density at radius 2 is 1.84 bits per heavy atom. The zero-order valence-corrected chi connectivity index (χ0v) is 14.1. The molecular formula is C19H19N5O. The second kappa shape index (κ2) is 6.36. The van der Waals surface area contributed by atoms with Gasteiger partial charge in [-0.1, -0.05) is 12.1 Å². The van der Waals surface area contributed by atoms with Crippen molar-refractivity contribution in [2.75, 3.05) is 43.1 Å². The molecule has 25 heavy (non-hydrogen) atoms. The van der Waals surface area contributed by atoms with Crippen LogP contribution < -0.4 is 14.5 Å². The van der Waals surface area contributed by atoms with E-state index in [0.717, 1.165) is 49.1 Å². The average Bonchev–Trinajstić information content (AvgIpc) is 3.07. The van der Waals surface area contributed by atoms with Crippen LogP contribution in [-0.2, 0) is 0 Å². The number of hydrogen-bond acceptors (Lipinski definition) is 5. The molecule has 0 bridgehead atoms. The van der Waals surface area contributed by atoms with E-state index in [9.17, 15) is 5.26 Å². The van der Waals surface area contributed by atoms with E-state index in [-0.39, 0.29) is 0 Å². The van der Waals surface area contributed by atoms with Gasteiger partial charge >= 0.3 is 0 Å². The summed E-state index contributed by atoms with van der Waals surface area (Å²) in [6.45, 7) is 3.42. The largest absolute Gasteiger partial charge is 0.497 e. The monoisotopic (exact) mass is 333 g/mol. The van der Waals surface area contributed by atoms with Crippen LogP contribution >= 0.6 is 0 Å². The first-order chi connectivity index (χ1) is 12.3. The highest BCUT2D eigenvalue weighted by Crippen LogP contribution is 2.25. The van der Waals surface area contributed by atoms with Gasteiger partial charge in [-0.25, -0.2) is 4.98 Å². The van der Waals surface area contributed by atoms with Crippen molar-refractivity contribution >= 4 is 17.2 Å². The molecule has 0 radical (unpaired) electrons. The molecule has 0 atom stereocenters. The van der Waals surface area contributed by atoms with Crippen LogP contribution in [0.1, 0.15) is 5.69 Å². The van der Waals surface area contributed by atoms with Crippen molar-refractivity contribution in [2.24, 2.45) is 0 Å². The Kier molecular flexibility index (Phi) is 3.90. The first-order valence-electron chi connectivity index (χ1n) is 8.31.